The van der Waals surface area contributed by atoms with Gasteiger partial charge in [0.05, 0.1) is 12.8 Å². The number of nitrogens with zero attached hydrogens (tertiary/aromatic N) is 2. The number of hydrogen-bond acceptors (Lipinski definition) is 4. The maximum Gasteiger partial charge on any atom is 0.333 e. The van der Waals surface area contributed by atoms with E-state index in [4.69, 9.17) is 4.74 Å². The number of rotatable bonds is 6. The van der Waals surface area contributed by atoms with Gasteiger partial charge in [-0.15, -0.1) is 0 Å². The van der Waals surface area contributed by atoms with E-state index in [9.17, 15) is 13.6 Å². The fraction of sp³-hybridized carbons (Fsp3) is 0.529. The van der Waals surface area contributed by atoms with Gasteiger partial charge in [-0.3, -0.25) is 5.01 Å². The molecule has 0 unspecified atom stereocenters. The highest BCUT2D eigenvalue weighted by Gasteiger charge is 2.47. The minimum atomic E-state index is -0.937. The monoisotopic (exact) mass is 324 g/mol. The molecule has 0 N–H and O–H groups in total. The van der Waals surface area contributed by atoms with Crippen LogP contribution in [-0.2, 0) is 9.53 Å². The quantitative estimate of drug-likeness (QED) is 0.594. The molecule has 1 saturated heterocycles. The van der Waals surface area contributed by atoms with Crippen LogP contribution in [0.4, 0.5) is 8.78 Å². The summed E-state index contributed by atoms with van der Waals surface area (Å²) in [4.78, 5) is 12.4. The molecule has 1 fully saturated rings. The average Bonchev–Trinajstić information content (AvgIpc) is 2.93. The Hall–Kier alpha value is -1.98. The molecule has 1 heterocycles. The van der Waals surface area contributed by atoms with Crippen molar-refractivity contribution in [1.82, 2.24) is 5.01 Å². The molecule has 1 atom stereocenters. The maximum absolute atomic E-state index is 13.7. The van der Waals surface area contributed by atoms with Gasteiger partial charge in [-0.05, 0) is 32.3 Å². The minimum Gasteiger partial charge on any atom is -0.464 e. The van der Waals surface area contributed by atoms with E-state index in [1.165, 1.54) is 18.3 Å². The van der Waals surface area contributed by atoms with Gasteiger partial charge in [0.15, 0.2) is 17.2 Å². The largest absolute Gasteiger partial charge is 0.464 e. The second-order valence-corrected chi connectivity index (χ2v) is 5.62. The molecule has 126 valence electrons. The summed E-state index contributed by atoms with van der Waals surface area (Å²) in [5, 5.41) is 5.94. The van der Waals surface area contributed by atoms with E-state index in [-0.39, 0.29) is 11.5 Å². The van der Waals surface area contributed by atoms with Crippen molar-refractivity contribution in [3.05, 3.63) is 35.4 Å². The van der Waals surface area contributed by atoms with Gasteiger partial charge in [0.1, 0.15) is 0 Å². The van der Waals surface area contributed by atoms with Crippen LogP contribution in [0, 0.1) is 11.6 Å². The third-order valence-corrected chi connectivity index (χ3v) is 4.09. The first-order valence-corrected chi connectivity index (χ1v) is 7.98. The SMILES string of the molecule is CCC[C@]1(C(=O)OCC)CCCN1/N=C/c1cccc(F)c1F. The zero-order valence-electron chi connectivity index (χ0n) is 13.5. The first-order chi connectivity index (χ1) is 11.0. The number of carbonyl (C=O) groups excluding carboxylic acids is 1. The molecule has 1 aliphatic heterocycles. The smallest absolute Gasteiger partial charge is 0.333 e. The lowest BCUT2D eigenvalue weighted by Crippen LogP contribution is -2.49. The molecule has 0 saturated carbocycles. The molecule has 0 aliphatic carbocycles. The number of ether oxygens (including phenoxy) is 1. The summed E-state index contributed by atoms with van der Waals surface area (Å²) < 4.78 is 32.2. The van der Waals surface area contributed by atoms with Gasteiger partial charge in [0.2, 0.25) is 0 Å². The number of hydrogen-bond donors (Lipinski definition) is 0. The summed E-state index contributed by atoms with van der Waals surface area (Å²) in [6, 6.07) is 3.93. The number of hydrazone groups is 1. The highest BCUT2D eigenvalue weighted by molar-refractivity contribution is 5.83. The summed E-state index contributed by atoms with van der Waals surface area (Å²) >= 11 is 0. The van der Waals surface area contributed by atoms with Crippen molar-refractivity contribution in [2.45, 2.75) is 45.1 Å². The lowest BCUT2D eigenvalue weighted by atomic mass is 9.91. The van der Waals surface area contributed by atoms with Crippen LogP contribution >= 0.6 is 0 Å². The normalized spacial score (nSPS) is 21.1. The number of benzene rings is 1. The van der Waals surface area contributed by atoms with E-state index in [2.05, 4.69) is 5.10 Å². The predicted octanol–water partition coefficient (Wildman–Crippen LogP) is 3.50. The summed E-state index contributed by atoms with van der Waals surface area (Å²) in [5.41, 5.74) is -0.739. The molecule has 0 aromatic heterocycles. The zero-order valence-corrected chi connectivity index (χ0v) is 13.5. The van der Waals surface area contributed by atoms with E-state index in [0.717, 1.165) is 18.9 Å². The van der Waals surface area contributed by atoms with Crippen LogP contribution in [0.5, 0.6) is 0 Å². The lowest BCUT2D eigenvalue weighted by molar-refractivity contribution is -0.156. The molecular weight excluding hydrogens is 302 g/mol. The highest BCUT2D eigenvalue weighted by atomic mass is 19.2. The molecule has 1 aromatic carbocycles. The standard InChI is InChI=1S/C17H22F2N2O2/c1-3-9-17(16(22)23-4-2)10-6-11-21(17)20-12-13-7-5-8-14(18)15(13)19/h5,7-8,12H,3-4,6,9-11H2,1-2H3/b20-12+/t17-/m1/s1. The highest BCUT2D eigenvalue weighted by Crippen LogP contribution is 2.35. The molecule has 0 amide bonds. The fourth-order valence-electron chi connectivity index (χ4n) is 3.03. The van der Waals surface area contributed by atoms with Gasteiger partial charge in [-0.1, -0.05) is 25.5 Å². The van der Waals surface area contributed by atoms with Crippen molar-refractivity contribution < 1.29 is 18.3 Å². The average molecular weight is 324 g/mol. The van der Waals surface area contributed by atoms with Crippen LogP contribution < -0.4 is 0 Å². The van der Waals surface area contributed by atoms with Crippen molar-refractivity contribution in [2.24, 2.45) is 5.10 Å². The number of carbonyl (C=O) groups is 1. The Labute approximate surface area is 135 Å². The number of esters is 1. The van der Waals surface area contributed by atoms with Crippen molar-refractivity contribution in [3.63, 3.8) is 0 Å². The third kappa shape index (κ3) is 3.51. The van der Waals surface area contributed by atoms with Crippen molar-refractivity contribution in [1.29, 1.82) is 0 Å². The second kappa shape index (κ2) is 7.53. The Morgan fingerprint density at radius 3 is 2.91 bits per heavy atom. The summed E-state index contributed by atoms with van der Waals surface area (Å²) in [7, 11) is 0. The van der Waals surface area contributed by atoms with Crippen molar-refractivity contribution >= 4 is 12.2 Å². The first kappa shape index (κ1) is 17.4. The third-order valence-electron chi connectivity index (χ3n) is 4.09. The summed E-state index contributed by atoms with van der Waals surface area (Å²) in [6.07, 6.45) is 4.16. The Balaban J connectivity index is 2.27. The van der Waals surface area contributed by atoms with Crippen LogP contribution in [0.15, 0.2) is 23.3 Å². The summed E-state index contributed by atoms with van der Waals surface area (Å²) in [5.74, 6) is -2.15. The molecule has 6 heteroatoms. The molecule has 0 bridgehead atoms. The van der Waals surface area contributed by atoms with Gasteiger partial charge in [-0.2, -0.15) is 5.10 Å². The lowest BCUT2D eigenvalue weighted by Gasteiger charge is -2.34. The van der Waals surface area contributed by atoms with E-state index >= 15 is 0 Å². The molecule has 1 aromatic rings. The molecule has 2 rings (SSSR count). The van der Waals surface area contributed by atoms with Gasteiger partial charge in [-0.25, -0.2) is 13.6 Å². The molecule has 0 spiro atoms. The van der Waals surface area contributed by atoms with Crippen LogP contribution in [0.1, 0.15) is 45.1 Å². The Bertz CT molecular complexity index is 592. The van der Waals surface area contributed by atoms with E-state index < -0.39 is 17.2 Å². The van der Waals surface area contributed by atoms with Crippen LogP contribution in [0.2, 0.25) is 0 Å². The van der Waals surface area contributed by atoms with Crippen LogP contribution in [0.3, 0.4) is 0 Å². The van der Waals surface area contributed by atoms with Crippen LogP contribution in [0.25, 0.3) is 0 Å². The fourth-order valence-corrected chi connectivity index (χ4v) is 3.03. The van der Waals surface area contributed by atoms with Gasteiger partial charge >= 0.3 is 5.97 Å². The van der Waals surface area contributed by atoms with Gasteiger partial charge < -0.3 is 4.74 Å². The second-order valence-electron chi connectivity index (χ2n) is 5.62. The minimum absolute atomic E-state index is 0.0613. The molecule has 23 heavy (non-hydrogen) atoms. The zero-order chi connectivity index (χ0) is 16.9. The summed E-state index contributed by atoms with van der Waals surface area (Å²) in [6.45, 7) is 4.66. The van der Waals surface area contributed by atoms with Crippen LogP contribution in [-0.4, -0.2) is 35.9 Å². The van der Waals surface area contributed by atoms with Crippen molar-refractivity contribution in [3.8, 4) is 0 Å². The molecule has 1 aliphatic rings. The van der Waals surface area contributed by atoms with Gasteiger partial charge in [0, 0.05) is 12.1 Å². The van der Waals surface area contributed by atoms with E-state index in [1.54, 1.807) is 11.9 Å². The van der Waals surface area contributed by atoms with Crippen molar-refractivity contribution in [2.75, 3.05) is 13.2 Å². The first-order valence-electron chi connectivity index (χ1n) is 7.98. The Morgan fingerprint density at radius 1 is 1.43 bits per heavy atom. The molecular formula is C17H22F2N2O2. The number of halogens is 2. The topological polar surface area (TPSA) is 41.9 Å². The Morgan fingerprint density at radius 2 is 2.22 bits per heavy atom. The maximum atomic E-state index is 13.7. The van der Waals surface area contributed by atoms with Gasteiger partial charge in [0.25, 0.3) is 0 Å². The van der Waals surface area contributed by atoms with E-state index in [0.29, 0.717) is 26.0 Å². The molecule has 0 radical (unpaired) electrons. The Kier molecular flexibility index (Phi) is 5.69. The molecule has 4 nitrogen and oxygen atoms in total. The van der Waals surface area contributed by atoms with E-state index in [1.807, 2.05) is 6.92 Å². The predicted molar refractivity (Wildman–Crippen MR) is 84.2 cm³/mol.